The second kappa shape index (κ2) is 10.6. The van der Waals surface area contributed by atoms with Crippen molar-refractivity contribution in [2.24, 2.45) is 0 Å². The fraction of sp³-hybridized carbons (Fsp3) is 0.333. The summed E-state index contributed by atoms with van der Waals surface area (Å²) < 4.78 is 21.2. The maximum Gasteiger partial charge on any atom is 0.308 e. The van der Waals surface area contributed by atoms with E-state index in [0.29, 0.717) is 58.1 Å². The molecule has 0 aliphatic carbocycles. The Kier molecular flexibility index (Phi) is 8.12. The summed E-state index contributed by atoms with van der Waals surface area (Å²) in [6.45, 7) is 8.66. The van der Waals surface area contributed by atoms with Gasteiger partial charge in [0, 0.05) is 27.7 Å². The number of carbonyl (C=O) groups is 4. The van der Waals surface area contributed by atoms with Crippen LogP contribution in [0.15, 0.2) is 24.3 Å². The van der Waals surface area contributed by atoms with Crippen molar-refractivity contribution in [3.05, 3.63) is 46.5 Å². The summed E-state index contributed by atoms with van der Waals surface area (Å²) in [7, 11) is 0. The molecule has 0 aromatic heterocycles. The van der Waals surface area contributed by atoms with E-state index in [0.717, 1.165) is 0 Å². The molecule has 32 heavy (non-hydrogen) atoms. The first-order valence-corrected chi connectivity index (χ1v) is 9.97. The number of hydrogen-bond donors (Lipinski definition) is 0. The van der Waals surface area contributed by atoms with Crippen LogP contribution in [0.3, 0.4) is 0 Å². The summed E-state index contributed by atoms with van der Waals surface area (Å²) in [4.78, 5) is 46.0. The highest BCUT2D eigenvalue weighted by atomic mass is 16.5. The third-order valence-corrected chi connectivity index (χ3v) is 4.39. The quantitative estimate of drug-likeness (QED) is 0.471. The molecule has 2 rings (SSSR count). The van der Waals surface area contributed by atoms with Crippen LogP contribution < -0.4 is 18.9 Å². The molecule has 0 N–H and O–H groups in total. The van der Waals surface area contributed by atoms with E-state index in [1.165, 1.54) is 27.7 Å². The Labute approximate surface area is 186 Å². The van der Waals surface area contributed by atoms with Crippen LogP contribution >= 0.6 is 0 Å². The summed E-state index contributed by atoms with van der Waals surface area (Å²) in [5.74, 6) is -0.527. The largest absolute Gasteiger partial charge is 0.426 e. The molecule has 0 atom stereocenters. The molecule has 0 heterocycles. The summed E-state index contributed by atoms with van der Waals surface area (Å²) in [6, 6.07) is 6.53. The van der Waals surface area contributed by atoms with Crippen molar-refractivity contribution in [1.29, 1.82) is 0 Å². The Morgan fingerprint density at radius 3 is 1.09 bits per heavy atom. The third-order valence-electron chi connectivity index (χ3n) is 4.39. The number of esters is 4. The second-order valence-corrected chi connectivity index (χ2v) is 7.33. The molecule has 0 fully saturated rings. The molecule has 0 radical (unpaired) electrons. The minimum atomic E-state index is -0.487. The standard InChI is InChI=1S/C24H26O8/c1-13-9-23(31-17(5)27)19(11-21(13)29-15(3)25)7-8-20-12-22(30-16(4)26)14(2)10-24(20)32-18(6)28/h9-12H,7-8H2,1-6H3. The van der Waals surface area contributed by atoms with Crippen LogP contribution in [-0.2, 0) is 32.0 Å². The van der Waals surface area contributed by atoms with Gasteiger partial charge in [-0.3, -0.25) is 19.2 Å². The Balaban J connectivity index is 2.45. The van der Waals surface area contributed by atoms with Gasteiger partial charge in [-0.05, 0) is 73.2 Å². The van der Waals surface area contributed by atoms with Gasteiger partial charge in [0.2, 0.25) is 0 Å². The van der Waals surface area contributed by atoms with Gasteiger partial charge in [0.05, 0.1) is 0 Å². The van der Waals surface area contributed by atoms with E-state index >= 15 is 0 Å². The minimum absolute atomic E-state index is 0.340. The first kappa shape index (κ1) is 24.6. The summed E-state index contributed by atoms with van der Waals surface area (Å²) in [5, 5.41) is 0. The van der Waals surface area contributed by atoms with Gasteiger partial charge < -0.3 is 18.9 Å². The highest BCUT2D eigenvalue weighted by molar-refractivity contribution is 5.73. The Hall–Kier alpha value is -3.68. The first-order valence-electron chi connectivity index (χ1n) is 9.97. The van der Waals surface area contributed by atoms with Crippen LogP contribution in [0.4, 0.5) is 0 Å². The fourth-order valence-corrected chi connectivity index (χ4v) is 3.10. The van der Waals surface area contributed by atoms with E-state index in [2.05, 4.69) is 0 Å². The van der Waals surface area contributed by atoms with Crippen LogP contribution in [0.1, 0.15) is 49.9 Å². The second-order valence-electron chi connectivity index (χ2n) is 7.33. The zero-order chi connectivity index (χ0) is 24.0. The van der Waals surface area contributed by atoms with E-state index in [1.54, 1.807) is 38.1 Å². The molecule has 0 amide bonds. The van der Waals surface area contributed by atoms with Crippen LogP contribution in [-0.4, -0.2) is 23.9 Å². The normalized spacial score (nSPS) is 10.3. The van der Waals surface area contributed by atoms with E-state index in [1.807, 2.05) is 0 Å². The molecule has 0 aliphatic rings. The van der Waals surface area contributed by atoms with Crippen molar-refractivity contribution in [1.82, 2.24) is 0 Å². The van der Waals surface area contributed by atoms with Crippen molar-refractivity contribution in [2.45, 2.75) is 54.4 Å². The lowest BCUT2D eigenvalue weighted by Gasteiger charge is -2.16. The first-order chi connectivity index (χ1) is 15.0. The van der Waals surface area contributed by atoms with Crippen molar-refractivity contribution in [3.8, 4) is 23.0 Å². The van der Waals surface area contributed by atoms with E-state index < -0.39 is 23.9 Å². The zero-order valence-electron chi connectivity index (χ0n) is 19.0. The van der Waals surface area contributed by atoms with Crippen molar-refractivity contribution >= 4 is 23.9 Å². The topological polar surface area (TPSA) is 105 Å². The van der Waals surface area contributed by atoms with Gasteiger partial charge in [-0.25, -0.2) is 0 Å². The van der Waals surface area contributed by atoms with Crippen LogP contribution in [0, 0.1) is 13.8 Å². The van der Waals surface area contributed by atoms with Crippen molar-refractivity contribution < 1.29 is 38.1 Å². The summed E-state index contributed by atoms with van der Waals surface area (Å²) in [6.07, 6.45) is 0.710. The maximum absolute atomic E-state index is 11.6. The molecule has 0 bridgehead atoms. The lowest BCUT2D eigenvalue weighted by Crippen LogP contribution is -2.10. The number of rotatable bonds is 7. The molecule has 0 aliphatic heterocycles. The van der Waals surface area contributed by atoms with E-state index in [4.69, 9.17) is 18.9 Å². The molecular weight excluding hydrogens is 416 g/mol. The number of benzene rings is 2. The van der Waals surface area contributed by atoms with Crippen molar-refractivity contribution in [2.75, 3.05) is 0 Å². The van der Waals surface area contributed by atoms with Gasteiger partial charge in [0.15, 0.2) is 0 Å². The minimum Gasteiger partial charge on any atom is -0.426 e. The number of aryl methyl sites for hydroxylation is 4. The highest BCUT2D eigenvalue weighted by Gasteiger charge is 2.17. The predicted octanol–water partition coefficient (Wildman–Crippen LogP) is 3.79. The van der Waals surface area contributed by atoms with Crippen LogP contribution in [0.5, 0.6) is 23.0 Å². The van der Waals surface area contributed by atoms with Gasteiger partial charge in [0.1, 0.15) is 23.0 Å². The van der Waals surface area contributed by atoms with Crippen LogP contribution in [0.2, 0.25) is 0 Å². The molecule has 0 unspecified atom stereocenters. The van der Waals surface area contributed by atoms with Gasteiger partial charge >= 0.3 is 23.9 Å². The smallest absolute Gasteiger partial charge is 0.308 e. The number of ether oxygens (including phenoxy) is 4. The van der Waals surface area contributed by atoms with E-state index in [9.17, 15) is 19.2 Å². The van der Waals surface area contributed by atoms with E-state index in [-0.39, 0.29) is 0 Å². The Bertz CT molecular complexity index is 983. The van der Waals surface area contributed by atoms with Crippen LogP contribution in [0.25, 0.3) is 0 Å². The monoisotopic (exact) mass is 442 g/mol. The lowest BCUT2D eigenvalue weighted by atomic mass is 9.99. The molecule has 2 aromatic carbocycles. The Morgan fingerprint density at radius 2 is 0.812 bits per heavy atom. The SMILES string of the molecule is CC(=O)Oc1cc(CCc2cc(OC(C)=O)c(C)cc2OC(C)=O)c(OC(C)=O)cc1C. The molecule has 0 saturated carbocycles. The van der Waals surface area contributed by atoms with Gasteiger partial charge in [0.25, 0.3) is 0 Å². The van der Waals surface area contributed by atoms with Crippen molar-refractivity contribution in [3.63, 3.8) is 0 Å². The maximum atomic E-state index is 11.6. The molecule has 8 nitrogen and oxygen atoms in total. The summed E-state index contributed by atoms with van der Waals surface area (Å²) >= 11 is 0. The molecule has 0 spiro atoms. The Morgan fingerprint density at radius 1 is 0.531 bits per heavy atom. The van der Waals surface area contributed by atoms with Gasteiger partial charge in [-0.15, -0.1) is 0 Å². The molecular formula is C24H26O8. The molecule has 2 aromatic rings. The molecule has 8 heteroatoms. The predicted molar refractivity (Wildman–Crippen MR) is 115 cm³/mol. The average molecular weight is 442 g/mol. The number of hydrogen-bond acceptors (Lipinski definition) is 8. The molecule has 170 valence electrons. The molecule has 0 saturated heterocycles. The third kappa shape index (κ3) is 6.94. The average Bonchev–Trinajstić information content (AvgIpc) is 2.64. The van der Waals surface area contributed by atoms with Gasteiger partial charge in [-0.2, -0.15) is 0 Å². The highest BCUT2D eigenvalue weighted by Crippen LogP contribution is 2.33. The zero-order valence-corrected chi connectivity index (χ0v) is 19.0. The fourth-order valence-electron chi connectivity index (χ4n) is 3.10. The summed E-state index contributed by atoms with van der Waals surface area (Å²) in [5.41, 5.74) is 2.50. The van der Waals surface area contributed by atoms with Gasteiger partial charge in [-0.1, -0.05) is 0 Å². The lowest BCUT2D eigenvalue weighted by molar-refractivity contribution is -0.133. The number of carbonyl (C=O) groups excluding carboxylic acids is 4.